The first-order valence-electron chi connectivity index (χ1n) is 7.92. The maximum atomic E-state index is 5.98. The molecule has 0 saturated carbocycles. The minimum Gasteiger partial charge on any atom is -0.374 e. The van der Waals surface area contributed by atoms with Crippen LogP contribution in [0.4, 0.5) is 0 Å². The fraction of sp³-hybridized carbons (Fsp3) is 0.667. The molecule has 0 aliphatic heterocycles. The highest BCUT2D eigenvalue weighted by atomic mass is 16.5. The lowest BCUT2D eigenvalue weighted by atomic mass is 10.0. The standard InChI is InChI=1S/C18H31NO/c1-6-9-15-10-8-11-16(13-15)17(19-12-7-2)14-20-18(3,4)5/h8,10-11,13,17,19H,6-7,9,12,14H2,1-5H3. The molecule has 2 heteroatoms. The van der Waals surface area contributed by atoms with E-state index in [0.29, 0.717) is 0 Å². The van der Waals surface area contributed by atoms with Gasteiger partial charge in [0, 0.05) is 0 Å². The summed E-state index contributed by atoms with van der Waals surface area (Å²) in [7, 11) is 0. The van der Waals surface area contributed by atoms with Crippen LogP contribution in [0.2, 0.25) is 0 Å². The quantitative estimate of drug-likeness (QED) is 0.755. The zero-order valence-electron chi connectivity index (χ0n) is 13.8. The summed E-state index contributed by atoms with van der Waals surface area (Å²) in [5, 5.41) is 3.60. The van der Waals surface area contributed by atoms with Gasteiger partial charge in [-0.1, -0.05) is 44.5 Å². The topological polar surface area (TPSA) is 21.3 Å². The van der Waals surface area contributed by atoms with Crippen LogP contribution in [0.15, 0.2) is 24.3 Å². The van der Waals surface area contributed by atoms with Crippen LogP contribution in [0.1, 0.15) is 64.6 Å². The van der Waals surface area contributed by atoms with Gasteiger partial charge in [0.15, 0.2) is 0 Å². The first-order valence-corrected chi connectivity index (χ1v) is 7.92. The first kappa shape index (κ1) is 17.2. The molecule has 0 heterocycles. The molecule has 20 heavy (non-hydrogen) atoms. The lowest BCUT2D eigenvalue weighted by molar-refractivity contribution is -0.0147. The number of benzene rings is 1. The SMILES string of the molecule is CCCNC(COC(C)(C)C)c1cccc(CCC)c1. The van der Waals surface area contributed by atoms with Crippen LogP contribution in [0.25, 0.3) is 0 Å². The average molecular weight is 277 g/mol. The van der Waals surface area contributed by atoms with Gasteiger partial charge in [0.1, 0.15) is 0 Å². The van der Waals surface area contributed by atoms with E-state index < -0.39 is 0 Å². The van der Waals surface area contributed by atoms with E-state index in [1.165, 1.54) is 17.5 Å². The zero-order chi connectivity index (χ0) is 15.0. The van der Waals surface area contributed by atoms with Crippen molar-refractivity contribution in [2.24, 2.45) is 0 Å². The molecule has 2 nitrogen and oxygen atoms in total. The third-order valence-electron chi connectivity index (χ3n) is 3.22. The highest BCUT2D eigenvalue weighted by Crippen LogP contribution is 2.19. The van der Waals surface area contributed by atoms with Gasteiger partial charge < -0.3 is 10.1 Å². The van der Waals surface area contributed by atoms with Gasteiger partial charge in [0.05, 0.1) is 18.2 Å². The molecular formula is C18H31NO. The molecule has 1 rings (SSSR count). The van der Waals surface area contributed by atoms with Gasteiger partial charge in [-0.05, 0) is 51.3 Å². The van der Waals surface area contributed by atoms with Crippen LogP contribution < -0.4 is 5.32 Å². The number of ether oxygens (including phenoxy) is 1. The molecule has 0 aliphatic carbocycles. The minimum absolute atomic E-state index is 0.0901. The van der Waals surface area contributed by atoms with Gasteiger partial charge >= 0.3 is 0 Å². The Bertz CT molecular complexity index is 381. The summed E-state index contributed by atoms with van der Waals surface area (Å²) < 4.78 is 5.98. The molecule has 1 unspecified atom stereocenters. The maximum Gasteiger partial charge on any atom is 0.0668 e. The summed E-state index contributed by atoms with van der Waals surface area (Å²) in [4.78, 5) is 0. The predicted octanol–water partition coefficient (Wildman–Crippen LogP) is 4.49. The predicted molar refractivity (Wildman–Crippen MR) is 87.2 cm³/mol. The van der Waals surface area contributed by atoms with Gasteiger partial charge in [0.2, 0.25) is 0 Å². The molecule has 0 saturated heterocycles. The van der Waals surface area contributed by atoms with Gasteiger partial charge in [-0.25, -0.2) is 0 Å². The summed E-state index contributed by atoms with van der Waals surface area (Å²) >= 11 is 0. The van der Waals surface area contributed by atoms with E-state index in [1.54, 1.807) is 0 Å². The van der Waals surface area contributed by atoms with Crippen LogP contribution in [0, 0.1) is 0 Å². The number of hydrogen-bond donors (Lipinski definition) is 1. The van der Waals surface area contributed by atoms with Crippen molar-refractivity contribution in [2.45, 2.75) is 65.5 Å². The second kappa shape index (κ2) is 8.43. The molecule has 114 valence electrons. The van der Waals surface area contributed by atoms with Crippen LogP contribution in [0.3, 0.4) is 0 Å². The van der Waals surface area contributed by atoms with Gasteiger partial charge in [-0.2, -0.15) is 0 Å². The summed E-state index contributed by atoms with van der Waals surface area (Å²) in [6, 6.07) is 9.19. The molecule has 0 spiro atoms. The van der Waals surface area contributed by atoms with E-state index >= 15 is 0 Å². The Balaban J connectivity index is 2.77. The summed E-state index contributed by atoms with van der Waals surface area (Å²) in [5.41, 5.74) is 2.67. The Kier molecular flexibility index (Phi) is 7.25. The van der Waals surface area contributed by atoms with Crippen LogP contribution in [0.5, 0.6) is 0 Å². The molecule has 0 amide bonds. The van der Waals surface area contributed by atoms with Crippen molar-refractivity contribution in [1.82, 2.24) is 5.32 Å². The van der Waals surface area contributed by atoms with E-state index in [2.05, 4.69) is 64.2 Å². The largest absolute Gasteiger partial charge is 0.374 e. The minimum atomic E-state index is -0.0901. The number of rotatable bonds is 8. The molecule has 1 aromatic carbocycles. The average Bonchev–Trinajstić information content (AvgIpc) is 2.38. The lowest BCUT2D eigenvalue weighted by Gasteiger charge is -2.26. The molecule has 0 fully saturated rings. The molecule has 0 aliphatic rings. The Labute approximate surface area is 124 Å². The van der Waals surface area contributed by atoms with Crippen molar-refractivity contribution in [1.29, 1.82) is 0 Å². The Morgan fingerprint density at radius 1 is 1.15 bits per heavy atom. The molecule has 0 radical (unpaired) electrons. The second-order valence-electron chi connectivity index (χ2n) is 6.43. The van der Waals surface area contributed by atoms with Crippen LogP contribution >= 0.6 is 0 Å². The monoisotopic (exact) mass is 277 g/mol. The van der Waals surface area contributed by atoms with Crippen molar-refractivity contribution in [3.63, 3.8) is 0 Å². The molecule has 0 aromatic heterocycles. The Hall–Kier alpha value is -0.860. The van der Waals surface area contributed by atoms with Crippen LogP contribution in [-0.4, -0.2) is 18.8 Å². The van der Waals surface area contributed by atoms with Crippen LogP contribution in [-0.2, 0) is 11.2 Å². The maximum absolute atomic E-state index is 5.98. The number of nitrogens with one attached hydrogen (secondary N) is 1. The smallest absolute Gasteiger partial charge is 0.0668 e. The summed E-state index contributed by atoms with van der Waals surface area (Å²) in [6.45, 7) is 12.5. The van der Waals surface area contributed by atoms with Crippen molar-refractivity contribution < 1.29 is 4.74 Å². The van der Waals surface area contributed by atoms with E-state index in [1.807, 2.05) is 0 Å². The van der Waals surface area contributed by atoms with E-state index in [9.17, 15) is 0 Å². The second-order valence-corrected chi connectivity index (χ2v) is 6.43. The highest BCUT2D eigenvalue weighted by Gasteiger charge is 2.16. The van der Waals surface area contributed by atoms with E-state index in [4.69, 9.17) is 4.74 Å². The Morgan fingerprint density at radius 2 is 1.90 bits per heavy atom. The normalized spacial score (nSPS) is 13.4. The molecular weight excluding hydrogens is 246 g/mol. The summed E-state index contributed by atoms with van der Waals surface area (Å²) in [6.07, 6.45) is 3.48. The third kappa shape index (κ3) is 6.53. The fourth-order valence-electron chi connectivity index (χ4n) is 2.18. The van der Waals surface area contributed by atoms with Crippen molar-refractivity contribution >= 4 is 0 Å². The third-order valence-corrected chi connectivity index (χ3v) is 3.22. The van der Waals surface area contributed by atoms with Crippen molar-refractivity contribution in [3.05, 3.63) is 35.4 Å². The highest BCUT2D eigenvalue weighted by molar-refractivity contribution is 5.26. The van der Waals surface area contributed by atoms with Gasteiger partial charge in [-0.3, -0.25) is 0 Å². The number of aryl methyl sites for hydroxylation is 1. The zero-order valence-corrected chi connectivity index (χ0v) is 13.8. The Morgan fingerprint density at radius 3 is 2.50 bits per heavy atom. The number of hydrogen-bond acceptors (Lipinski definition) is 2. The fourth-order valence-corrected chi connectivity index (χ4v) is 2.18. The van der Waals surface area contributed by atoms with E-state index in [0.717, 1.165) is 26.0 Å². The molecule has 1 N–H and O–H groups in total. The van der Waals surface area contributed by atoms with E-state index in [-0.39, 0.29) is 11.6 Å². The summed E-state index contributed by atoms with van der Waals surface area (Å²) in [5.74, 6) is 0. The first-order chi connectivity index (χ1) is 9.46. The lowest BCUT2D eigenvalue weighted by Crippen LogP contribution is -2.30. The van der Waals surface area contributed by atoms with Gasteiger partial charge in [-0.15, -0.1) is 0 Å². The van der Waals surface area contributed by atoms with Gasteiger partial charge in [0.25, 0.3) is 0 Å². The van der Waals surface area contributed by atoms with Crippen molar-refractivity contribution in [2.75, 3.05) is 13.2 Å². The molecule has 0 bridgehead atoms. The molecule has 1 atom stereocenters. The van der Waals surface area contributed by atoms with Crippen molar-refractivity contribution in [3.8, 4) is 0 Å². The molecule has 1 aromatic rings.